The summed E-state index contributed by atoms with van der Waals surface area (Å²) in [6.45, 7) is 3.26. The monoisotopic (exact) mass is 288 g/mol. The summed E-state index contributed by atoms with van der Waals surface area (Å²) in [7, 11) is 0. The Morgan fingerprint density at radius 2 is 1.95 bits per heavy atom. The number of oxazole rings is 1. The highest BCUT2D eigenvalue weighted by atomic mass is 16.4. The molecule has 0 unspecified atom stereocenters. The van der Waals surface area contributed by atoms with Gasteiger partial charge in [-0.3, -0.25) is 4.79 Å². The SMILES string of the molecule is Cc1nc(C)c(C(=O)N[C@H](Cc2ccccc2)C(=O)O)o1. The maximum Gasteiger partial charge on any atom is 0.326 e. The first-order valence-electron chi connectivity index (χ1n) is 6.49. The number of amides is 1. The van der Waals surface area contributed by atoms with Gasteiger partial charge in [-0.1, -0.05) is 30.3 Å². The van der Waals surface area contributed by atoms with Gasteiger partial charge in [0.25, 0.3) is 5.91 Å². The molecule has 0 bridgehead atoms. The van der Waals surface area contributed by atoms with Crippen LogP contribution in [0.2, 0.25) is 0 Å². The molecule has 1 aromatic carbocycles. The maximum absolute atomic E-state index is 12.1. The molecule has 0 saturated carbocycles. The summed E-state index contributed by atoms with van der Waals surface area (Å²) in [4.78, 5) is 27.4. The number of carboxylic acid groups (broad SMARTS) is 1. The first-order chi connectivity index (χ1) is 9.97. The van der Waals surface area contributed by atoms with Crippen molar-refractivity contribution in [2.24, 2.45) is 0 Å². The Morgan fingerprint density at radius 1 is 1.29 bits per heavy atom. The molecule has 21 heavy (non-hydrogen) atoms. The van der Waals surface area contributed by atoms with Gasteiger partial charge in [-0.2, -0.15) is 0 Å². The fourth-order valence-corrected chi connectivity index (χ4v) is 2.02. The Morgan fingerprint density at radius 3 is 2.48 bits per heavy atom. The van der Waals surface area contributed by atoms with Gasteiger partial charge < -0.3 is 14.8 Å². The number of aliphatic carboxylic acids is 1. The zero-order valence-electron chi connectivity index (χ0n) is 11.8. The van der Waals surface area contributed by atoms with Crippen LogP contribution in [0.25, 0.3) is 0 Å². The molecular formula is C15H16N2O4. The average Bonchev–Trinajstić information content (AvgIpc) is 2.78. The molecule has 110 valence electrons. The largest absolute Gasteiger partial charge is 0.480 e. The number of nitrogens with zero attached hydrogens (tertiary/aromatic N) is 1. The molecule has 0 radical (unpaired) electrons. The molecule has 2 N–H and O–H groups in total. The smallest absolute Gasteiger partial charge is 0.326 e. The number of benzene rings is 1. The van der Waals surface area contributed by atoms with Crippen LogP contribution in [-0.4, -0.2) is 28.0 Å². The lowest BCUT2D eigenvalue weighted by Gasteiger charge is -2.13. The highest BCUT2D eigenvalue weighted by Crippen LogP contribution is 2.10. The van der Waals surface area contributed by atoms with Crippen molar-refractivity contribution in [2.45, 2.75) is 26.3 Å². The predicted octanol–water partition coefficient (Wildman–Crippen LogP) is 1.72. The van der Waals surface area contributed by atoms with Crippen molar-refractivity contribution < 1.29 is 19.1 Å². The third-order valence-corrected chi connectivity index (χ3v) is 3.00. The Hall–Kier alpha value is -2.63. The van der Waals surface area contributed by atoms with E-state index in [4.69, 9.17) is 4.42 Å². The molecule has 0 saturated heterocycles. The summed E-state index contributed by atoms with van der Waals surface area (Å²) in [5.74, 6) is -1.25. The second-order valence-corrected chi connectivity index (χ2v) is 4.70. The molecule has 6 nitrogen and oxygen atoms in total. The van der Waals surface area contributed by atoms with Crippen LogP contribution in [0.4, 0.5) is 0 Å². The third-order valence-electron chi connectivity index (χ3n) is 3.00. The van der Waals surface area contributed by atoms with Gasteiger partial charge in [-0.05, 0) is 12.5 Å². The number of carboxylic acids is 1. The summed E-state index contributed by atoms with van der Waals surface area (Å²) >= 11 is 0. The van der Waals surface area contributed by atoms with E-state index in [1.807, 2.05) is 30.3 Å². The van der Waals surface area contributed by atoms with Gasteiger partial charge in [0.2, 0.25) is 5.76 Å². The quantitative estimate of drug-likeness (QED) is 0.874. The zero-order valence-corrected chi connectivity index (χ0v) is 11.8. The van der Waals surface area contributed by atoms with Gasteiger partial charge in [-0.25, -0.2) is 9.78 Å². The van der Waals surface area contributed by atoms with E-state index < -0.39 is 17.9 Å². The van der Waals surface area contributed by atoms with E-state index in [0.29, 0.717) is 11.6 Å². The Labute approximate surface area is 121 Å². The van der Waals surface area contributed by atoms with Gasteiger partial charge in [0.15, 0.2) is 5.89 Å². The summed E-state index contributed by atoms with van der Waals surface area (Å²) in [6, 6.07) is 8.08. The van der Waals surface area contributed by atoms with E-state index in [0.717, 1.165) is 5.56 Å². The topological polar surface area (TPSA) is 92.4 Å². The third kappa shape index (κ3) is 3.68. The van der Waals surface area contributed by atoms with E-state index in [1.54, 1.807) is 13.8 Å². The number of hydrogen-bond donors (Lipinski definition) is 2. The Bertz CT molecular complexity index is 649. The van der Waals surface area contributed by atoms with Crippen molar-refractivity contribution in [3.63, 3.8) is 0 Å². The van der Waals surface area contributed by atoms with Crippen LogP contribution in [0.3, 0.4) is 0 Å². The molecular weight excluding hydrogens is 272 g/mol. The number of rotatable bonds is 5. The normalized spacial score (nSPS) is 11.9. The highest BCUT2D eigenvalue weighted by molar-refractivity contribution is 5.95. The molecule has 1 amide bonds. The second-order valence-electron chi connectivity index (χ2n) is 4.70. The summed E-state index contributed by atoms with van der Waals surface area (Å²) < 4.78 is 5.19. The van der Waals surface area contributed by atoms with Crippen molar-refractivity contribution >= 4 is 11.9 Å². The van der Waals surface area contributed by atoms with Crippen molar-refractivity contribution in [1.29, 1.82) is 0 Å². The molecule has 0 aliphatic rings. The molecule has 0 fully saturated rings. The number of carbonyl (C=O) groups excluding carboxylic acids is 1. The van der Waals surface area contributed by atoms with Crippen LogP contribution < -0.4 is 5.32 Å². The fourth-order valence-electron chi connectivity index (χ4n) is 2.02. The number of nitrogens with one attached hydrogen (secondary N) is 1. The lowest BCUT2D eigenvalue weighted by molar-refractivity contribution is -0.139. The molecule has 0 aliphatic carbocycles. The number of carbonyl (C=O) groups is 2. The van der Waals surface area contributed by atoms with Crippen molar-refractivity contribution in [2.75, 3.05) is 0 Å². The van der Waals surface area contributed by atoms with Gasteiger partial charge >= 0.3 is 5.97 Å². The number of hydrogen-bond acceptors (Lipinski definition) is 4. The summed E-state index contributed by atoms with van der Waals surface area (Å²) in [5, 5.41) is 11.7. The molecule has 2 rings (SSSR count). The minimum Gasteiger partial charge on any atom is -0.480 e. The van der Waals surface area contributed by atoms with E-state index in [1.165, 1.54) is 0 Å². The zero-order chi connectivity index (χ0) is 15.4. The fraction of sp³-hybridized carbons (Fsp3) is 0.267. The van der Waals surface area contributed by atoms with E-state index >= 15 is 0 Å². The van der Waals surface area contributed by atoms with Crippen LogP contribution in [0.15, 0.2) is 34.7 Å². The number of aryl methyl sites for hydroxylation is 2. The standard InChI is InChI=1S/C15H16N2O4/c1-9-13(21-10(2)16-9)14(18)17-12(15(19)20)8-11-6-4-3-5-7-11/h3-7,12H,8H2,1-2H3,(H,17,18)(H,19,20)/t12-/m1/s1. The van der Waals surface area contributed by atoms with Crippen LogP contribution in [0, 0.1) is 13.8 Å². The van der Waals surface area contributed by atoms with Gasteiger partial charge in [-0.15, -0.1) is 0 Å². The molecule has 2 aromatic rings. The summed E-state index contributed by atoms with van der Waals surface area (Å²) in [6.07, 6.45) is 0.202. The summed E-state index contributed by atoms with van der Waals surface area (Å²) in [5.41, 5.74) is 1.27. The Kier molecular flexibility index (Phi) is 4.37. The molecule has 0 spiro atoms. The van der Waals surface area contributed by atoms with Crippen molar-refractivity contribution in [3.8, 4) is 0 Å². The molecule has 1 atom stereocenters. The van der Waals surface area contributed by atoms with Crippen LogP contribution >= 0.6 is 0 Å². The first-order valence-corrected chi connectivity index (χ1v) is 6.49. The number of aromatic nitrogens is 1. The lowest BCUT2D eigenvalue weighted by Crippen LogP contribution is -2.42. The van der Waals surface area contributed by atoms with E-state index in [2.05, 4.69) is 10.3 Å². The average molecular weight is 288 g/mol. The highest BCUT2D eigenvalue weighted by Gasteiger charge is 2.24. The van der Waals surface area contributed by atoms with Crippen molar-refractivity contribution in [3.05, 3.63) is 53.2 Å². The molecule has 0 aliphatic heterocycles. The van der Waals surface area contributed by atoms with Gasteiger partial charge in [0, 0.05) is 13.3 Å². The minimum absolute atomic E-state index is 0.0480. The molecule has 1 aromatic heterocycles. The predicted molar refractivity (Wildman–Crippen MR) is 75.0 cm³/mol. The second kappa shape index (κ2) is 6.21. The van der Waals surface area contributed by atoms with Crippen LogP contribution in [0.1, 0.15) is 27.7 Å². The van der Waals surface area contributed by atoms with Crippen molar-refractivity contribution in [1.82, 2.24) is 10.3 Å². The van der Waals surface area contributed by atoms with Crippen LogP contribution in [-0.2, 0) is 11.2 Å². The van der Waals surface area contributed by atoms with E-state index in [9.17, 15) is 14.7 Å². The lowest BCUT2D eigenvalue weighted by atomic mass is 10.1. The Balaban J connectivity index is 2.11. The van der Waals surface area contributed by atoms with E-state index in [-0.39, 0.29) is 12.2 Å². The van der Waals surface area contributed by atoms with Gasteiger partial charge in [0.05, 0.1) is 5.69 Å². The molecule has 6 heteroatoms. The minimum atomic E-state index is -1.10. The first kappa shape index (κ1) is 14.8. The van der Waals surface area contributed by atoms with Gasteiger partial charge in [0.1, 0.15) is 6.04 Å². The molecule has 1 heterocycles. The van der Waals surface area contributed by atoms with Crippen LogP contribution in [0.5, 0.6) is 0 Å². The maximum atomic E-state index is 12.1.